The fourth-order valence-corrected chi connectivity index (χ4v) is 1.53. The maximum absolute atomic E-state index is 13.5. The highest BCUT2D eigenvalue weighted by Crippen LogP contribution is 2.31. The van der Waals surface area contributed by atoms with E-state index in [1.54, 1.807) is 0 Å². The van der Waals surface area contributed by atoms with Gasteiger partial charge in [-0.2, -0.15) is 0 Å². The molecule has 0 heterocycles. The van der Waals surface area contributed by atoms with Crippen molar-refractivity contribution in [2.45, 2.75) is 26.4 Å². The van der Waals surface area contributed by atoms with Gasteiger partial charge in [-0.05, 0) is 32.4 Å². The molecule has 0 saturated heterocycles. The van der Waals surface area contributed by atoms with Crippen LogP contribution in [0.5, 0.6) is 0 Å². The van der Waals surface area contributed by atoms with Crippen molar-refractivity contribution < 1.29 is 13.9 Å². The highest BCUT2D eigenvalue weighted by molar-refractivity contribution is 6.30. The van der Waals surface area contributed by atoms with Crippen LogP contribution < -0.4 is 0 Å². The largest absolute Gasteiger partial charge is 0.386 e. The van der Waals surface area contributed by atoms with Gasteiger partial charge in [-0.1, -0.05) is 11.6 Å². The first-order valence-electron chi connectivity index (χ1n) is 4.12. The second kappa shape index (κ2) is 3.48. The summed E-state index contributed by atoms with van der Waals surface area (Å²) < 4.78 is 26.9. The molecule has 0 radical (unpaired) electrons. The SMILES string of the molecule is Cc1cc(Cl)c(F)c(C(C)(C)O)c1F. The Bertz CT molecular complexity index is 343. The van der Waals surface area contributed by atoms with E-state index in [1.807, 2.05) is 0 Å². The minimum absolute atomic E-state index is 0.180. The molecule has 1 nitrogen and oxygen atoms in total. The van der Waals surface area contributed by atoms with Crippen molar-refractivity contribution in [1.82, 2.24) is 0 Å². The zero-order chi connectivity index (χ0) is 11.1. The molecule has 0 atom stereocenters. The van der Waals surface area contributed by atoms with Gasteiger partial charge in [0.2, 0.25) is 0 Å². The van der Waals surface area contributed by atoms with Crippen molar-refractivity contribution in [1.29, 1.82) is 0 Å². The number of halogens is 3. The van der Waals surface area contributed by atoms with Gasteiger partial charge in [0.1, 0.15) is 5.82 Å². The van der Waals surface area contributed by atoms with Crippen molar-refractivity contribution in [3.63, 3.8) is 0 Å². The minimum Gasteiger partial charge on any atom is -0.386 e. The summed E-state index contributed by atoms with van der Waals surface area (Å²) in [6, 6.07) is 1.20. The molecule has 0 bridgehead atoms. The van der Waals surface area contributed by atoms with Crippen molar-refractivity contribution in [3.05, 3.63) is 33.9 Å². The molecule has 0 unspecified atom stereocenters. The number of aryl methyl sites for hydroxylation is 1. The van der Waals surface area contributed by atoms with Gasteiger partial charge < -0.3 is 5.11 Å². The number of hydrogen-bond donors (Lipinski definition) is 1. The first-order valence-corrected chi connectivity index (χ1v) is 4.50. The summed E-state index contributed by atoms with van der Waals surface area (Å²) in [4.78, 5) is 0. The standard InChI is InChI=1S/C10H11ClF2O/c1-5-4-6(11)9(13)7(8(5)12)10(2,3)14/h4,14H,1-3H3. The molecule has 1 rings (SSSR count). The molecule has 4 heteroatoms. The number of hydrogen-bond acceptors (Lipinski definition) is 1. The van der Waals surface area contributed by atoms with Crippen LogP contribution >= 0.6 is 11.6 Å². The number of rotatable bonds is 1. The Morgan fingerprint density at radius 2 is 1.79 bits per heavy atom. The molecule has 0 fully saturated rings. The molecule has 1 N–H and O–H groups in total. The monoisotopic (exact) mass is 220 g/mol. The molecule has 0 aliphatic carbocycles. The smallest absolute Gasteiger partial charge is 0.150 e. The molecule has 78 valence electrons. The summed E-state index contributed by atoms with van der Waals surface area (Å²) in [6.45, 7) is 4.09. The van der Waals surface area contributed by atoms with Gasteiger partial charge in [-0.3, -0.25) is 0 Å². The van der Waals surface area contributed by atoms with Gasteiger partial charge in [-0.15, -0.1) is 0 Å². The molecule has 0 amide bonds. The lowest BCUT2D eigenvalue weighted by atomic mass is 9.95. The Morgan fingerprint density at radius 3 is 2.21 bits per heavy atom. The lowest BCUT2D eigenvalue weighted by Crippen LogP contribution is -2.20. The molecule has 1 aromatic rings. The van der Waals surface area contributed by atoms with E-state index >= 15 is 0 Å². The van der Waals surface area contributed by atoms with E-state index in [0.717, 1.165) is 0 Å². The lowest BCUT2D eigenvalue weighted by molar-refractivity contribution is 0.0701. The summed E-state index contributed by atoms with van der Waals surface area (Å²) >= 11 is 5.54. The van der Waals surface area contributed by atoms with Crippen LogP contribution in [0.2, 0.25) is 5.02 Å². The van der Waals surface area contributed by atoms with Gasteiger partial charge in [0, 0.05) is 0 Å². The van der Waals surface area contributed by atoms with Gasteiger partial charge >= 0.3 is 0 Å². The summed E-state index contributed by atoms with van der Waals surface area (Å²) in [6.07, 6.45) is 0. The lowest BCUT2D eigenvalue weighted by Gasteiger charge is -2.20. The van der Waals surface area contributed by atoms with E-state index in [2.05, 4.69) is 0 Å². The molecule has 0 aromatic heterocycles. The molecule has 0 aliphatic heterocycles. The van der Waals surface area contributed by atoms with Crippen LogP contribution in [0.3, 0.4) is 0 Å². The van der Waals surface area contributed by atoms with Gasteiger partial charge in [0.15, 0.2) is 5.82 Å². The molecular weight excluding hydrogens is 210 g/mol. The highest BCUT2D eigenvalue weighted by atomic mass is 35.5. The molecule has 0 saturated carbocycles. The van der Waals surface area contributed by atoms with Crippen LogP contribution in [0.15, 0.2) is 6.07 Å². The second-order valence-corrected chi connectivity index (χ2v) is 4.14. The van der Waals surface area contributed by atoms with E-state index in [1.165, 1.54) is 26.8 Å². The normalized spacial score (nSPS) is 11.9. The van der Waals surface area contributed by atoms with Crippen LogP contribution in [0, 0.1) is 18.6 Å². The van der Waals surface area contributed by atoms with Gasteiger partial charge in [0.05, 0.1) is 16.2 Å². The second-order valence-electron chi connectivity index (χ2n) is 3.74. The van der Waals surface area contributed by atoms with Crippen LogP contribution in [0.1, 0.15) is 25.0 Å². The van der Waals surface area contributed by atoms with E-state index in [9.17, 15) is 13.9 Å². The zero-order valence-corrected chi connectivity index (χ0v) is 8.91. The van der Waals surface area contributed by atoms with Crippen LogP contribution in [-0.2, 0) is 5.60 Å². The van der Waals surface area contributed by atoms with Crippen LogP contribution in [0.25, 0.3) is 0 Å². The van der Waals surface area contributed by atoms with Crippen LogP contribution in [0.4, 0.5) is 8.78 Å². The number of benzene rings is 1. The number of aliphatic hydroxyl groups is 1. The Morgan fingerprint density at radius 1 is 1.29 bits per heavy atom. The fourth-order valence-electron chi connectivity index (χ4n) is 1.27. The summed E-state index contributed by atoms with van der Waals surface area (Å²) in [5, 5.41) is 9.38. The molecule has 0 spiro atoms. The topological polar surface area (TPSA) is 20.2 Å². The van der Waals surface area contributed by atoms with Crippen molar-refractivity contribution >= 4 is 11.6 Å². The third-order valence-corrected chi connectivity index (χ3v) is 2.22. The van der Waals surface area contributed by atoms with Crippen LogP contribution in [-0.4, -0.2) is 5.11 Å². The Labute approximate surface area is 86.3 Å². The molecule has 1 aromatic carbocycles. The van der Waals surface area contributed by atoms with E-state index in [4.69, 9.17) is 11.6 Å². The maximum atomic E-state index is 13.5. The van der Waals surface area contributed by atoms with E-state index < -0.39 is 17.2 Å². The molecule has 14 heavy (non-hydrogen) atoms. The first-order chi connectivity index (χ1) is 6.25. The minimum atomic E-state index is -1.58. The van der Waals surface area contributed by atoms with Gasteiger partial charge in [0.25, 0.3) is 0 Å². The van der Waals surface area contributed by atoms with Crippen molar-refractivity contribution in [2.24, 2.45) is 0 Å². The molecular formula is C10H11ClF2O. The fraction of sp³-hybridized carbons (Fsp3) is 0.400. The van der Waals surface area contributed by atoms with Gasteiger partial charge in [-0.25, -0.2) is 8.78 Å². The average Bonchev–Trinajstić information content (AvgIpc) is 1.98. The molecule has 0 aliphatic rings. The Kier molecular flexibility index (Phi) is 2.83. The average molecular weight is 221 g/mol. The predicted octanol–water partition coefficient (Wildman–Crippen LogP) is 3.15. The van der Waals surface area contributed by atoms with Crippen molar-refractivity contribution in [3.8, 4) is 0 Å². The summed E-state index contributed by atoms with van der Waals surface area (Å²) in [5.41, 5.74) is -1.75. The summed E-state index contributed by atoms with van der Waals surface area (Å²) in [7, 11) is 0. The third-order valence-electron chi connectivity index (χ3n) is 1.95. The predicted molar refractivity (Wildman–Crippen MR) is 51.3 cm³/mol. The zero-order valence-electron chi connectivity index (χ0n) is 8.16. The quantitative estimate of drug-likeness (QED) is 0.721. The van der Waals surface area contributed by atoms with E-state index in [0.29, 0.717) is 0 Å². The Balaban J connectivity index is 3.56. The van der Waals surface area contributed by atoms with E-state index in [-0.39, 0.29) is 16.1 Å². The summed E-state index contributed by atoms with van der Waals surface area (Å²) in [5.74, 6) is -1.65. The third kappa shape index (κ3) is 1.88. The first kappa shape index (κ1) is 11.4. The Hall–Kier alpha value is -0.670. The van der Waals surface area contributed by atoms with Crippen molar-refractivity contribution in [2.75, 3.05) is 0 Å². The maximum Gasteiger partial charge on any atom is 0.150 e. The highest BCUT2D eigenvalue weighted by Gasteiger charge is 2.27.